The summed E-state index contributed by atoms with van der Waals surface area (Å²) in [5.74, 6) is -1.22. The van der Waals surface area contributed by atoms with Gasteiger partial charge in [-0.3, -0.25) is 4.79 Å². The minimum absolute atomic E-state index is 0.110. The lowest BCUT2D eigenvalue weighted by atomic mass is 10.0. The summed E-state index contributed by atoms with van der Waals surface area (Å²) >= 11 is 0. The highest BCUT2D eigenvalue weighted by Gasteiger charge is 2.12. The van der Waals surface area contributed by atoms with Crippen LogP contribution >= 0.6 is 0 Å². The molecule has 1 amide bonds. The highest BCUT2D eigenvalue weighted by molar-refractivity contribution is 5.94. The summed E-state index contributed by atoms with van der Waals surface area (Å²) in [6.07, 6.45) is 0.287. The van der Waals surface area contributed by atoms with Crippen LogP contribution in [0.15, 0.2) is 18.2 Å². The zero-order valence-electron chi connectivity index (χ0n) is 8.11. The predicted molar refractivity (Wildman–Crippen MR) is 53.7 cm³/mol. The third-order valence-electron chi connectivity index (χ3n) is 2.05. The van der Waals surface area contributed by atoms with Crippen molar-refractivity contribution in [3.8, 4) is 0 Å². The molecule has 0 aliphatic rings. The lowest BCUT2D eigenvalue weighted by Gasteiger charge is -2.10. The summed E-state index contributed by atoms with van der Waals surface area (Å²) in [6.45, 7) is -0.199. The molecule has 0 aliphatic heterocycles. The zero-order chi connectivity index (χ0) is 11.4. The first-order valence-corrected chi connectivity index (χ1v) is 4.49. The van der Waals surface area contributed by atoms with Gasteiger partial charge in [0.05, 0.1) is 6.61 Å². The molecule has 0 fully saturated rings. The first-order valence-electron chi connectivity index (χ1n) is 4.49. The lowest BCUT2D eigenvalue weighted by Crippen LogP contribution is -2.28. The first-order chi connectivity index (χ1) is 7.04. The number of nitrogens with two attached hydrogens (primary N) is 2. The van der Waals surface area contributed by atoms with E-state index in [1.165, 1.54) is 12.1 Å². The maximum Gasteiger partial charge on any atom is 0.249 e. The monoisotopic (exact) mass is 212 g/mol. The molecule has 0 bridgehead atoms. The Bertz CT molecular complexity index is 368. The number of aliphatic hydroxyl groups excluding tert-OH is 1. The second-order valence-corrected chi connectivity index (χ2v) is 3.31. The maximum absolute atomic E-state index is 12.8. The molecule has 0 saturated carbocycles. The number of hydrogen-bond donors (Lipinski definition) is 3. The molecule has 0 heterocycles. The van der Waals surface area contributed by atoms with Gasteiger partial charge in [0, 0.05) is 11.6 Å². The van der Waals surface area contributed by atoms with Crippen molar-refractivity contribution in [2.75, 3.05) is 6.61 Å². The summed E-state index contributed by atoms with van der Waals surface area (Å²) in [4.78, 5) is 11.0. The fourth-order valence-electron chi connectivity index (χ4n) is 1.30. The summed E-state index contributed by atoms with van der Waals surface area (Å²) in [5, 5.41) is 8.76. The van der Waals surface area contributed by atoms with Crippen LogP contribution in [-0.2, 0) is 6.42 Å². The van der Waals surface area contributed by atoms with Crippen LogP contribution in [0.2, 0.25) is 0 Å². The van der Waals surface area contributed by atoms with Gasteiger partial charge in [0.15, 0.2) is 0 Å². The summed E-state index contributed by atoms with van der Waals surface area (Å²) in [6, 6.07) is 3.27. The molecule has 15 heavy (non-hydrogen) atoms. The van der Waals surface area contributed by atoms with E-state index in [0.717, 1.165) is 6.07 Å². The van der Waals surface area contributed by atoms with Crippen molar-refractivity contribution in [1.82, 2.24) is 0 Å². The largest absolute Gasteiger partial charge is 0.395 e. The van der Waals surface area contributed by atoms with Crippen LogP contribution in [0.1, 0.15) is 15.9 Å². The van der Waals surface area contributed by atoms with E-state index in [0.29, 0.717) is 5.56 Å². The van der Waals surface area contributed by atoms with E-state index in [4.69, 9.17) is 16.6 Å². The number of primary amides is 1. The Morgan fingerprint density at radius 1 is 1.53 bits per heavy atom. The Balaban J connectivity index is 3.01. The van der Waals surface area contributed by atoms with E-state index in [9.17, 15) is 9.18 Å². The van der Waals surface area contributed by atoms with Gasteiger partial charge in [-0.05, 0) is 24.1 Å². The summed E-state index contributed by atoms with van der Waals surface area (Å²) in [7, 11) is 0. The van der Waals surface area contributed by atoms with Gasteiger partial charge in [0.1, 0.15) is 5.82 Å². The highest BCUT2D eigenvalue weighted by atomic mass is 19.1. The molecule has 0 spiro atoms. The third-order valence-corrected chi connectivity index (χ3v) is 2.05. The minimum atomic E-state index is -0.699. The molecule has 0 aliphatic carbocycles. The molecule has 0 aromatic heterocycles. The molecule has 1 atom stereocenters. The molecule has 1 aromatic carbocycles. The number of carbonyl (C=O) groups excluding carboxylic acids is 1. The molecule has 4 nitrogen and oxygen atoms in total. The van der Waals surface area contributed by atoms with Crippen molar-refractivity contribution in [3.63, 3.8) is 0 Å². The molecule has 1 unspecified atom stereocenters. The van der Waals surface area contributed by atoms with Crippen molar-refractivity contribution >= 4 is 5.91 Å². The third kappa shape index (κ3) is 3.00. The molecule has 82 valence electrons. The van der Waals surface area contributed by atoms with Crippen LogP contribution in [0.25, 0.3) is 0 Å². The number of amides is 1. The second-order valence-electron chi connectivity index (χ2n) is 3.31. The van der Waals surface area contributed by atoms with Crippen LogP contribution in [0, 0.1) is 5.82 Å². The fourth-order valence-corrected chi connectivity index (χ4v) is 1.30. The van der Waals surface area contributed by atoms with Gasteiger partial charge in [-0.15, -0.1) is 0 Å². The lowest BCUT2D eigenvalue weighted by molar-refractivity contribution is 0.0998. The fraction of sp³-hybridized carbons (Fsp3) is 0.300. The van der Waals surface area contributed by atoms with Gasteiger partial charge in [-0.1, -0.05) is 6.07 Å². The van der Waals surface area contributed by atoms with Crippen molar-refractivity contribution in [1.29, 1.82) is 0 Å². The SMILES string of the molecule is NC(=O)c1cc(F)ccc1CC(N)CO. The van der Waals surface area contributed by atoms with Crippen LogP contribution in [0.5, 0.6) is 0 Å². The van der Waals surface area contributed by atoms with E-state index in [1.807, 2.05) is 0 Å². The van der Waals surface area contributed by atoms with Gasteiger partial charge < -0.3 is 16.6 Å². The van der Waals surface area contributed by atoms with E-state index >= 15 is 0 Å². The van der Waals surface area contributed by atoms with Crippen LogP contribution in [0.3, 0.4) is 0 Å². The standard InChI is InChI=1S/C10H13FN2O2/c11-7-2-1-6(3-8(12)5-14)9(4-7)10(13)15/h1-2,4,8,14H,3,5,12H2,(H2,13,15). The number of rotatable bonds is 4. The number of aliphatic hydroxyl groups is 1. The molecule has 5 heteroatoms. The number of halogens is 1. The van der Waals surface area contributed by atoms with Crippen molar-refractivity contribution in [3.05, 3.63) is 35.1 Å². The first kappa shape index (κ1) is 11.6. The van der Waals surface area contributed by atoms with Gasteiger partial charge in [0.25, 0.3) is 0 Å². The zero-order valence-corrected chi connectivity index (χ0v) is 8.11. The Labute approximate surface area is 86.7 Å². The Morgan fingerprint density at radius 3 is 2.73 bits per heavy atom. The van der Waals surface area contributed by atoms with E-state index in [1.54, 1.807) is 0 Å². The normalized spacial score (nSPS) is 12.5. The van der Waals surface area contributed by atoms with E-state index in [2.05, 4.69) is 0 Å². The molecule has 5 N–H and O–H groups in total. The second kappa shape index (κ2) is 4.86. The average molecular weight is 212 g/mol. The highest BCUT2D eigenvalue weighted by Crippen LogP contribution is 2.12. The molecule has 0 radical (unpaired) electrons. The van der Waals surface area contributed by atoms with Gasteiger partial charge in [-0.2, -0.15) is 0 Å². The van der Waals surface area contributed by atoms with E-state index < -0.39 is 17.8 Å². The van der Waals surface area contributed by atoms with Crippen molar-refractivity contribution in [2.24, 2.45) is 11.5 Å². The molecular formula is C10H13FN2O2. The topological polar surface area (TPSA) is 89.3 Å². The van der Waals surface area contributed by atoms with Gasteiger partial charge in [-0.25, -0.2) is 4.39 Å². The molecule has 0 saturated heterocycles. The Kier molecular flexibility index (Phi) is 3.76. The van der Waals surface area contributed by atoms with Crippen LogP contribution in [0.4, 0.5) is 4.39 Å². The van der Waals surface area contributed by atoms with Gasteiger partial charge in [0.2, 0.25) is 5.91 Å². The molecule has 1 aromatic rings. The number of hydrogen-bond acceptors (Lipinski definition) is 3. The number of benzene rings is 1. The van der Waals surface area contributed by atoms with Crippen LogP contribution in [-0.4, -0.2) is 23.7 Å². The Hall–Kier alpha value is -1.46. The predicted octanol–water partition coefficient (Wildman–Crippen LogP) is -0.213. The minimum Gasteiger partial charge on any atom is -0.395 e. The van der Waals surface area contributed by atoms with Crippen molar-refractivity contribution < 1.29 is 14.3 Å². The quantitative estimate of drug-likeness (QED) is 0.645. The Morgan fingerprint density at radius 2 is 2.20 bits per heavy atom. The maximum atomic E-state index is 12.8. The van der Waals surface area contributed by atoms with E-state index in [-0.39, 0.29) is 18.6 Å². The number of carbonyl (C=O) groups is 1. The smallest absolute Gasteiger partial charge is 0.249 e. The molecular weight excluding hydrogens is 199 g/mol. The average Bonchev–Trinajstić information content (AvgIpc) is 2.20. The van der Waals surface area contributed by atoms with Gasteiger partial charge >= 0.3 is 0 Å². The summed E-state index contributed by atoms with van der Waals surface area (Å²) < 4.78 is 12.8. The van der Waals surface area contributed by atoms with Crippen LogP contribution < -0.4 is 11.5 Å². The molecule has 1 rings (SSSR count). The van der Waals surface area contributed by atoms with Crippen molar-refractivity contribution in [2.45, 2.75) is 12.5 Å². The summed E-state index contributed by atoms with van der Waals surface area (Å²) in [5.41, 5.74) is 11.3.